The molecule has 0 aliphatic heterocycles. The van der Waals surface area contributed by atoms with E-state index in [-0.39, 0.29) is 6.61 Å². The van der Waals surface area contributed by atoms with Gasteiger partial charge < -0.3 is 5.11 Å². The summed E-state index contributed by atoms with van der Waals surface area (Å²) in [6.07, 6.45) is 0. The minimum absolute atomic E-state index is 0.0731. The van der Waals surface area contributed by atoms with Crippen molar-refractivity contribution in [3.8, 4) is 0 Å². The van der Waals surface area contributed by atoms with Crippen LogP contribution < -0.4 is 0 Å². The molecule has 0 radical (unpaired) electrons. The Labute approximate surface area is 104 Å². The Morgan fingerprint density at radius 1 is 1.29 bits per heavy atom. The number of halogens is 2. The summed E-state index contributed by atoms with van der Waals surface area (Å²) in [4.78, 5) is 0. The fourth-order valence-corrected chi connectivity index (χ4v) is 3.31. The number of fused-ring (bicyclic) bond motifs is 1. The highest BCUT2D eigenvalue weighted by Gasteiger charge is 2.07. The summed E-state index contributed by atoms with van der Waals surface area (Å²) >= 11 is 5.77. The maximum atomic E-state index is 9.22. The van der Waals surface area contributed by atoms with E-state index in [0.717, 1.165) is 19.0 Å². The van der Waals surface area contributed by atoms with E-state index in [9.17, 15) is 5.11 Å². The molecule has 1 N–H and O–H groups in total. The van der Waals surface area contributed by atoms with Crippen LogP contribution in [0.4, 0.5) is 0 Å². The second-order valence-corrected chi connectivity index (χ2v) is 4.99. The molecule has 0 aliphatic rings. The number of hydrogen-bond donors (Lipinski definition) is 1. The molecule has 0 aromatic heterocycles. The summed E-state index contributed by atoms with van der Waals surface area (Å²) in [7, 11) is 0. The maximum Gasteiger partial charge on any atom is 0.0703 e. The molecule has 0 aliphatic carbocycles. The van der Waals surface area contributed by atoms with E-state index in [1.165, 1.54) is 5.39 Å². The molecule has 0 spiro atoms. The molecule has 0 saturated heterocycles. The van der Waals surface area contributed by atoms with E-state index in [1.807, 2.05) is 12.1 Å². The molecule has 2 aromatic carbocycles. The molecule has 2 rings (SSSR count). The molecule has 0 unspecified atom stereocenters. The minimum atomic E-state index is 0.0731. The molecule has 2 aromatic rings. The molecule has 0 saturated carbocycles. The average Bonchev–Trinajstić information content (AvgIpc) is 2.18. The summed E-state index contributed by atoms with van der Waals surface area (Å²) in [5.41, 5.74) is 0.962. The van der Waals surface area contributed by atoms with Gasteiger partial charge in [-0.25, -0.2) is 0 Å². The first kappa shape index (κ1) is 10.4. The first-order valence-electron chi connectivity index (χ1n) is 4.20. The van der Waals surface area contributed by atoms with Gasteiger partial charge in [-0.1, -0.05) is 24.3 Å². The highest BCUT2D eigenvalue weighted by Crippen LogP contribution is 2.31. The largest absolute Gasteiger partial charge is 0.392 e. The van der Waals surface area contributed by atoms with E-state index in [1.54, 1.807) is 0 Å². The zero-order valence-corrected chi connectivity index (χ0v) is 11.0. The van der Waals surface area contributed by atoms with E-state index in [4.69, 9.17) is 0 Å². The summed E-state index contributed by atoms with van der Waals surface area (Å²) < 4.78 is 2.10. The Kier molecular flexibility index (Phi) is 3.09. The van der Waals surface area contributed by atoms with Crippen molar-refractivity contribution in [2.45, 2.75) is 6.61 Å². The molecule has 0 bridgehead atoms. The van der Waals surface area contributed by atoms with Crippen LogP contribution in [0.15, 0.2) is 34.8 Å². The fourth-order valence-electron chi connectivity index (χ4n) is 1.46. The van der Waals surface area contributed by atoms with Crippen LogP contribution in [0, 0.1) is 3.57 Å². The molecule has 0 heterocycles. The van der Waals surface area contributed by atoms with Crippen molar-refractivity contribution in [3.63, 3.8) is 0 Å². The van der Waals surface area contributed by atoms with Gasteiger partial charge in [0.25, 0.3) is 0 Å². The van der Waals surface area contributed by atoms with Gasteiger partial charge in [0.05, 0.1) is 6.61 Å². The average molecular weight is 363 g/mol. The summed E-state index contributed by atoms with van der Waals surface area (Å²) in [5.74, 6) is 0. The van der Waals surface area contributed by atoms with Gasteiger partial charge in [0, 0.05) is 13.6 Å². The second-order valence-electron chi connectivity index (χ2n) is 3.03. The topological polar surface area (TPSA) is 20.2 Å². The van der Waals surface area contributed by atoms with Gasteiger partial charge in [0.2, 0.25) is 0 Å². The van der Waals surface area contributed by atoms with Crippen molar-refractivity contribution in [1.82, 2.24) is 0 Å². The lowest BCUT2D eigenvalue weighted by Gasteiger charge is -2.08. The van der Waals surface area contributed by atoms with Gasteiger partial charge in [-0.2, -0.15) is 0 Å². The normalized spacial score (nSPS) is 10.8. The third kappa shape index (κ3) is 1.68. The van der Waals surface area contributed by atoms with Gasteiger partial charge in [-0.3, -0.25) is 0 Å². The van der Waals surface area contributed by atoms with Crippen LogP contribution in [0.2, 0.25) is 0 Å². The predicted molar refractivity (Wildman–Crippen MR) is 70.3 cm³/mol. The Morgan fingerprint density at radius 3 is 2.71 bits per heavy atom. The molecule has 0 fully saturated rings. The number of rotatable bonds is 1. The SMILES string of the molecule is OCc1c(I)cc2ccccc2c1Br. The van der Waals surface area contributed by atoms with Crippen molar-refractivity contribution in [2.75, 3.05) is 0 Å². The highest BCUT2D eigenvalue weighted by molar-refractivity contribution is 14.1. The van der Waals surface area contributed by atoms with Crippen LogP contribution in [-0.2, 0) is 6.61 Å². The van der Waals surface area contributed by atoms with Crippen LogP contribution in [0.25, 0.3) is 10.8 Å². The molecular formula is C11H8BrIO. The lowest BCUT2D eigenvalue weighted by atomic mass is 10.1. The monoisotopic (exact) mass is 362 g/mol. The Morgan fingerprint density at radius 2 is 2.00 bits per heavy atom. The molecule has 0 amide bonds. The van der Waals surface area contributed by atoms with Gasteiger partial charge in [0.15, 0.2) is 0 Å². The molecule has 14 heavy (non-hydrogen) atoms. The molecule has 72 valence electrons. The van der Waals surface area contributed by atoms with Crippen LogP contribution in [0.5, 0.6) is 0 Å². The lowest BCUT2D eigenvalue weighted by Crippen LogP contribution is -1.91. The zero-order chi connectivity index (χ0) is 10.1. The van der Waals surface area contributed by atoms with Crippen molar-refractivity contribution in [1.29, 1.82) is 0 Å². The predicted octanol–water partition coefficient (Wildman–Crippen LogP) is 3.70. The van der Waals surface area contributed by atoms with E-state index >= 15 is 0 Å². The second kappa shape index (κ2) is 4.16. The smallest absolute Gasteiger partial charge is 0.0703 e. The van der Waals surface area contributed by atoms with Crippen molar-refractivity contribution in [3.05, 3.63) is 43.9 Å². The molecule has 3 heteroatoms. The number of benzene rings is 2. The van der Waals surface area contributed by atoms with Crippen LogP contribution in [0.1, 0.15) is 5.56 Å². The number of aliphatic hydroxyl groups is 1. The summed E-state index contributed by atoms with van der Waals surface area (Å²) in [6, 6.07) is 10.2. The van der Waals surface area contributed by atoms with Crippen molar-refractivity contribution < 1.29 is 5.11 Å². The summed E-state index contributed by atoms with van der Waals surface area (Å²) in [5, 5.41) is 11.6. The van der Waals surface area contributed by atoms with Gasteiger partial charge in [-0.15, -0.1) is 0 Å². The Balaban J connectivity index is 2.86. The van der Waals surface area contributed by atoms with Gasteiger partial charge in [0.1, 0.15) is 0 Å². The summed E-state index contributed by atoms with van der Waals surface area (Å²) in [6.45, 7) is 0.0731. The van der Waals surface area contributed by atoms with Crippen LogP contribution >= 0.6 is 38.5 Å². The molecule has 0 atom stereocenters. The third-order valence-electron chi connectivity index (χ3n) is 2.19. The van der Waals surface area contributed by atoms with Gasteiger partial charge >= 0.3 is 0 Å². The third-order valence-corrected chi connectivity index (χ3v) is 4.06. The minimum Gasteiger partial charge on any atom is -0.392 e. The lowest BCUT2D eigenvalue weighted by molar-refractivity contribution is 0.280. The molecular weight excluding hydrogens is 355 g/mol. The first-order chi connectivity index (χ1) is 6.74. The van der Waals surface area contributed by atoms with Crippen LogP contribution in [0.3, 0.4) is 0 Å². The molecule has 1 nitrogen and oxygen atoms in total. The standard InChI is InChI=1S/C11H8BrIO/c12-11-8-4-2-1-3-7(8)5-10(13)9(11)6-14/h1-5,14H,6H2. The van der Waals surface area contributed by atoms with E-state index < -0.39 is 0 Å². The Bertz CT molecular complexity index is 482. The number of aliphatic hydroxyl groups excluding tert-OH is 1. The van der Waals surface area contributed by atoms with E-state index in [0.29, 0.717) is 0 Å². The fraction of sp³-hybridized carbons (Fsp3) is 0.0909. The zero-order valence-electron chi connectivity index (χ0n) is 7.30. The van der Waals surface area contributed by atoms with E-state index in [2.05, 4.69) is 56.7 Å². The van der Waals surface area contributed by atoms with Crippen LogP contribution in [-0.4, -0.2) is 5.11 Å². The van der Waals surface area contributed by atoms with Crippen molar-refractivity contribution >= 4 is 49.3 Å². The first-order valence-corrected chi connectivity index (χ1v) is 6.07. The maximum absolute atomic E-state index is 9.22. The number of hydrogen-bond acceptors (Lipinski definition) is 1. The Hall–Kier alpha value is -0.130. The van der Waals surface area contributed by atoms with Gasteiger partial charge in [-0.05, 0) is 55.4 Å². The highest BCUT2D eigenvalue weighted by atomic mass is 127. The quantitative estimate of drug-likeness (QED) is 0.767. The van der Waals surface area contributed by atoms with Crippen molar-refractivity contribution in [2.24, 2.45) is 0 Å².